The van der Waals surface area contributed by atoms with Gasteiger partial charge in [-0.3, -0.25) is 4.79 Å². The Kier molecular flexibility index (Phi) is 6.55. The highest BCUT2D eigenvalue weighted by atomic mass is 35.5. The highest BCUT2D eigenvalue weighted by molar-refractivity contribution is 6.36. The lowest BCUT2D eigenvalue weighted by molar-refractivity contribution is -0.126. The molecule has 172 valence electrons. The molecular weight excluding hydrogens is 489 g/mol. The van der Waals surface area contributed by atoms with Gasteiger partial charge in [0, 0.05) is 52.9 Å². The number of amides is 1. The fraction of sp³-hybridized carbons (Fsp3) is 0.148. The van der Waals surface area contributed by atoms with Gasteiger partial charge in [-0.1, -0.05) is 65.1 Å². The molecule has 1 unspecified atom stereocenters. The van der Waals surface area contributed by atoms with E-state index in [-0.39, 0.29) is 11.9 Å². The third kappa shape index (κ3) is 4.67. The monoisotopic (exact) mass is 509 g/mol. The number of halogens is 3. The van der Waals surface area contributed by atoms with Crippen molar-refractivity contribution in [1.82, 2.24) is 9.88 Å². The van der Waals surface area contributed by atoms with Gasteiger partial charge in [0.05, 0.1) is 16.8 Å². The zero-order valence-electron chi connectivity index (χ0n) is 18.2. The number of rotatable bonds is 4. The lowest BCUT2D eigenvalue weighted by atomic mass is 10.0. The van der Waals surface area contributed by atoms with Crippen molar-refractivity contribution in [3.8, 4) is 0 Å². The molecule has 1 fully saturated rings. The summed E-state index contributed by atoms with van der Waals surface area (Å²) in [6.45, 7) is 1.75. The Labute approximate surface area is 213 Å². The molecular formula is C27H22Cl3N3O. The highest BCUT2D eigenvalue weighted by Gasteiger charge is 2.31. The minimum absolute atomic E-state index is 0.0221. The lowest BCUT2D eigenvalue weighted by Gasteiger charge is -2.43. The number of H-pyrrole nitrogens is 1. The third-order valence-electron chi connectivity index (χ3n) is 6.19. The molecule has 4 aromatic rings. The summed E-state index contributed by atoms with van der Waals surface area (Å²) < 4.78 is 0. The molecule has 0 saturated carbocycles. The van der Waals surface area contributed by atoms with Gasteiger partial charge in [-0.2, -0.15) is 0 Å². The lowest BCUT2D eigenvalue weighted by Crippen LogP contribution is -2.50. The van der Waals surface area contributed by atoms with E-state index in [2.05, 4.69) is 9.88 Å². The molecule has 3 aromatic carbocycles. The number of carbonyl (C=O) groups is 1. The number of carbonyl (C=O) groups excluding carboxylic acids is 1. The molecule has 1 saturated heterocycles. The minimum Gasteiger partial charge on any atom is -0.361 e. The Hall–Kier alpha value is -2.92. The van der Waals surface area contributed by atoms with Gasteiger partial charge in [0.15, 0.2) is 0 Å². The molecule has 2 heterocycles. The van der Waals surface area contributed by atoms with Crippen molar-refractivity contribution >= 4 is 63.4 Å². The molecule has 0 spiro atoms. The van der Waals surface area contributed by atoms with Crippen molar-refractivity contribution in [3.05, 3.63) is 105 Å². The first-order valence-electron chi connectivity index (χ1n) is 11.0. The molecule has 4 nitrogen and oxygen atoms in total. The number of hydrogen-bond donors (Lipinski definition) is 1. The summed E-state index contributed by atoms with van der Waals surface area (Å²) in [4.78, 5) is 20.5. The van der Waals surface area contributed by atoms with Crippen LogP contribution >= 0.6 is 34.8 Å². The smallest absolute Gasteiger partial charge is 0.246 e. The fourth-order valence-electron chi connectivity index (χ4n) is 4.45. The van der Waals surface area contributed by atoms with Gasteiger partial charge in [0.1, 0.15) is 0 Å². The molecule has 1 aliphatic heterocycles. The van der Waals surface area contributed by atoms with Crippen molar-refractivity contribution in [2.24, 2.45) is 0 Å². The summed E-state index contributed by atoms with van der Waals surface area (Å²) in [5, 5.41) is 2.94. The molecule has 1 amide bonds. The largest absolute Gasteiger partial charge is 0.361 e. The molecule has 0 radical (unpaired) electrons. The quantitative estimate of drug-likeness (QED) is 0.294. The van der Waals surface area contributed by atoms with E-state index in [9.17, 15) is 4.79 Å². The van der Waals surface area contributed by atoms with Gasteiger partial charge in [-0.05, 0) is 53.6 Å². The molecule has 34 heavy (non-hydrogen) atoms. The number of para-hydroxylation sites is 1. The SMILES string of the molecule is O=C(/C=C/c1c[nH]c2ccccc12)N1CCN(c2ccc(Cl)cc2Cl)C(c2ccc(Cl)cc2)C1. The summed E-state index contributed by atoms with van der Waals surface area (Å²) in [6.07, 6.45) is 5.45. The second-order valence-electron chi connectivity index (χ2n) is 8.26. The highest BCUT2D eigenvalue weighted by Crippen LogP contribution is 2.37. The Balaban J connectivity index is 1.41. The van der Waals surface area contributed by atoms with Crippen molar-refractivity contribution in [2.45, 2.75) is 6.04 Å². The van der Waals surface area contributed by atoms with Crippen LogP contribution in [0.15, 0.2) is 79.0 Å². The number of fused-ring (bicyclic) bond motifs is 1. The van der Waals surface area contributed by atoms with Crippen LogP contribution in [0.4, 0.5) is 5.69 Å². The van der Waals surface area contributed by atoms with E-state index in [0.717, 1.165) is 27.7 Å². The van der Waals surface area contributed by atoms with Crippen LogP contribution in [0.1, 0.15) is 17.2 Å². The van der Waals surface area contributed by atoms with Crippen LogP contribution < -0.4 is 4.90 Å². The van der Waals surface area contributed by atoms with Gasteiger partial charge in [0.2, 0.25) is 5.91 Å². The Bertz CT molecular complexity index is 1360. The van der Waals surface area contributed by atoms with Crippen LogP contribution in [0, 0.1) is 0 Å². The number of aromatic amines is 1. The Morgan fingerprint density at radius 1 is 0.941 bits per heavy atom. The zero-order chi connectivity index (χ0) is 23.7. The Morgan fingerprint density at radius 3 is 2.50 bits per heavy atom. The molecule has 0 aliphatic carbocycles. The summed E-state index contributed by atoms with van der Waals surface area (Å²) in [7, 11) is 0. The van der Waals surface area contributed by atoms with Crippen LogP contribution in [0.5, 0.6) is 0 Å². The number of anilines is 1. The number of nitrogens with zero attached hydrogens (tertiary/aromatic N) is 2. The number of nitrogens with one attached hydrogen (secondary N) is 1. The number of aromatic nitrogens is 1. The first-order valence-corrected chi connectivity index (χ1v) is 12.1. The summed E-state index contributed by atoms with van der Waals surface area (Å²) in [6, 6.07) is 21.2. The number of hydrogen-bond acceptors (Lipinski definition) is 2. The Morgan fingerprint density at radius 2 is 1.71 bits per heavy atom. The van der Waals surface area contributed by atoms with Crippen LogP contribution in [-0.2, 0) is 4.79 Å². The van der Waals surface area contributed by atoms with Crippen LogP contribution in [-0.4, -0.2) is 35.4 Å². The van der Waals surface area contributed by atoms with Gasteiger partial charge < -0.3 is 14.8 Å². The average Bonchev–Trinajstić information content (AvgIpc) is 3.26. The first-order chi connectivity index (χ1) is 16.5. The van der Waals surface area contributed by atoms with Crippen molar-refractivity contribution < 1.29 is 4.79 Å². The van der Waals surface area contributed by atoms with Gasteiger partial charge in [-0.15, -0.1) is 0 Å². The summed E-state index contributed by atoms with van der Waals surface area (Å²) in [5.74, 6) is -0.0221. The number of benzene rings is 3. The molecule has 5 rings (SSSR count). The predicted molar refractivity (Wildman–Crippen MR) is 142 cm³/mol. The number of piperazine rings is 1. The fourth-order valence-corrected chi connectivity index (χ4v) is 5.10. The maximum absolute atomic E-state index is 13.2. The molecule has 7 heteroatoms. The standard InChI is InChI=1S/C27H22Cl3N3O/c28-20-8-5-18(6-9-20)26-17-32(13-14-33(26)25-11-10-21(29)15-23(25)30)27(34)12-7-19-16-31-24-4-2-1-3-22(19)24/h1-12,15-16,26,31H,13-14,17H2/b12-7+. The normalized spacial score (nSPS) is 16.5. The van der Waals surface area contributed by atoms with Gasteiger partial charge in [0.25, 0.3) is 0 Å². The third-order valence-corrected chi connectivity index (χ3v) is 6.98. The maximum Gasteiger partial charge on any atom is 0.246 e. The van der Waals surface area contributed by atoms with Crippen LogP contribution in [0.2, 0.25) is 15.1 Å². The molecule has 0 bridgehead atoms. The molecule has 1 N–H and O–H groups in total. The van der Waals surface area contributed by atoms with Gasteiger partial charge in [-0.25, -0.2) is 0 Å². The van der Waals surface area contributed by atoms with E-state index in [0.29, 0.717) is 34.7 Å². The van der Waals surface area contributed by atoms with E-state index in [4.69, 9.17) is 34.8 Å². The van der Waals surface area contributed by atoms with Crippen molar-refractivity contribution in [1.29, 1.82) is 0 Å². The molecule has 1 atom stereocenters. The zero-order valence-corrected chi connectivity index (χ0v) is 20.5. The van der Waals surface area contributed by atoms with E-state index < -0.39 is 0 Å². The van der Waals surface area contributed by atoms with Crippen LogP contribution in [0.25, 0.3) is 17.0 Å². The second kappa shape index (κ2) is 9.75. The van der Waals surface area contributed by atoms with Crippen LogP contribution in [0.3, 0.4) is 0 Å². The molecule has 1 aromatic heterocycles. The first kappa shape index (κ1) is 22.9. The van der Waals surface area contributed by atoms with E-state index >= 15 is 0 Å². The predicted octanol–water partition coefficient (Wildman–Crippen LogP) is 7.23. The van der Waals surface area contributed by atoms with E-state index in [1.165, 1.54) is 0 Å². The van der Waals surface area contributed by atoms with E-state index in [1.54, 1.807) is 12.1 Å². The van der Waals surface area contributed by atoms with Crippen molar-refractivity contribution in [2.75, 3.05) is 24.5 Å². The second-order valence-corrected chi connectivity index (χ2v) is 9.54. The minimum atomic E-state index is -0.0740. The molecule has 1 aliphatic rings. The summed E-state index contributed by atoms with van der Waals surface area (Å²) >= 11 is 18.8. The average molecular weight is 511 g/mol. The van der Waals surface area contributed by atoms with Gasteiger partial charge >= 0.3 is 0 Å². The van der Waals surface area contributed by atoms with Crippen molar-refractivity contribution in [3.63, 3.8) is 0 Å². The maximum atomic E-state index is 13.2. The topological polar surface area (TPSA) is 39.3 Å². The van der Waals surface area contributed by atoms with E-state index in [1.807, 2.05) is 77.8 Å². The summed E-state index contributed by atoms with van der Waals surface area (Å²) in [5.41, 5.74) is 4.00.